The monoisotopic (exact) mass is 407 g/mol. The Balaban J connectivity index is 1.61. The van der Waals surface area contributed by atoms with Crippen LogP contribution in [0.1, 0.15) is 18.9 Å². The molecule has 150 valence electrons. The highest BCUT2D eigenvalue weighted by atomic mass is 32.2. The van der Waals surface area contributed by atoms with E-state index in [1.54, 1.807) is 17.8 Å². The van der Waals surface area contributed by atoms with Gasteiger partial charge in [-0.1, -0.05) is 42.5 Å². The van der Waals surface area contributed by atoms with Gasteiger partial charge in [-0.3, -0.25) is 9.59 Å². The molecular formula is C23H25N3O2S. The summed E-state index contributed by atoms with van der Waals surface area (Å²) >= 11 is 1.67. The zero-order valence-corrected chi connectivity index (χ0v) is 17.5. The van der Waals surface area contributed by atoms with E-state index in [4.69, 9.17) is 0 Å². The fourth-order valence-corrected chi connectivity index (χ4v) is 3.44. The van der Waals surface area contributed by atoms with Crippen LogP contribution in [0.4, 0.5) is 0 Å². The number of thioether (sulfide) groups is 1. The van der Waals surface area contributed by atoms with Crippen LogP contribution in [-0.4, -0.2) is 28.0 Å². The molecule has 1 unspecified atom stereocenters. The molecule has 29 heavy (non-hydrogen) atoms. The van der Waals surface area contributed by atoms with Crippen molar-refractivity contribution in [3.63, 3.8) is 0 Å². The van der Waals surface area contributed by atoms with Crippen molar-refractivity contribution in [1.82, 2.24) is 15.1 Å². The van der Waals surface area contributed by atoms with E-state index in [2.05, 4.69) is 22.5 Å². The highest BCUT2D eigenvalue weighted by Crippen LogP contribution is 2.20. The molecule has 6 heteroatoms. The molecule has 1 amide bonds. The molecule has 0 aliphatic heterocycles. The third-order valence-corrected chi connectivity index (χ3v) is 5.41. The predicted molar refractivity (Wildman–Crippen MR) is 118 cm³/mol. The summed E-state index contributed by atoms with van der Waals surface area (Å²) in [5, 5.41) is 7.33. The third-order valence-electron chi connectivity index (χ3n) is 4.66. The molecule has 0 spiro atoms. The van der Waals surface area contributed by atoms with Crippen LogP contribution in [0.5, 0.6) is 0 Å². The zero-order valence-electron chi connectivity index (χ0n) is 16.7. The van der Waals surface area contributed by atoms with Crippen molar-refractivity contribution in [2.24, 2.45) is 0 Å². The molecule has 0 fully saturated rings. The number of carbonyl (C=O) groups excluding carboxylic acids is 1. The summed E-state index contributed by atoms with van der Waals surface area (Å²) in [6.07, 6.45) is 3.74. The van der Waals surface area contributed by atoms with Gasteiger partial charge in [-0.15, -0.1) is 11.8 Å². The second kappa shape index (κ2) is 10.1. The molecule has 1 heterocycles. The van der Waals surface area contributed by atoms with Gasteiger partial charge in [0.2, 0.25) is 5.91 Å². The Labute approximate surface area is 175 Å². The molecule has 0 radical (unpaired) electrons. The second-order valence-corrected chi connectivity index (χ2v) is 7.82. The summed E-state index contributed by atoms with van der Waals surface area (Å²) in [6, 6.07) is 21.3. The van der Waals surface area contributed by atoms with E-state index in [-0.39, 0.29) is 24.1 Å². The number of carbonyl (C=O) groups is 1. The van der Waals surface area contributed by atoms with Crippen LogP contribution in [0.15, 0.2) is 76.4 Å². The number of hydrogen-bond donors (Lipinski definition) is 1. The molecule has 3 rings (SSSR count). The van der Waals surface area contributed by atoms with Crippen molar-refractivity contribution in [3.8, 4) is 11.3 Å². The van der Waals surface area contributed by atoms with Gasteiger partial charge in [-0.05, 0) is 49.8 Å². The molecule has 0 aliphatic carbocycles. The Bertz CT molecular complexity index is 1000. The average Bonchev–Trinajstić information content (AvgIpc) is 2.74. The highest BCUT2D eigenvalue weighted by molar-refractivity contribution is 7.98. The van der Waals surface area contributed by atoms with Gasteiger partial charge in [0.05, 0.1) is 5.69 Å². The van der Waals surface area contributed by atoms with Crippen molar-refractivity contribution in [1.29, 1.82) is 0 Å². The van der Waals surface area contributed by atoms with Gasteiger partial charge in [0, 0.05) is 22.6 Å². The van der Waals surface area contributed by atoms with E-state index < -0.39 is 0 Å². The maximum atomic E-state index is 12.4. The summed E-state index contributed by atoms with van der Waals surface area (Å²) in [5.74, 6) is -0.213. The smallest absolute Gasteiger partial charge is 0.267 e. The van der Waals surface area contributed by atoms with Gasteiger partial charge < -0.3 is 5.32 Å². The Morgan fingerprint density at radius 1 is 1.07 bits per heavy atom. The topological polar surface area (TPSA) is 64.0 Å². The summed E-state index contributed by atoms with van der Waals surface area (Å²) < 4.78 is 1.22. The molecule has 3 aromatic rings. The van der Waals surface area contributed by atoms with Crippen LogP contribution < -0.4 is 10.9 Å². The minimum absolute atomic E-state index is 0.0145. The van der Waals surface area contributed by atoms with Crippen LogP contribution >= 0.6 is 11.8 Å². The van der Waals surface area contributed by atoms with E-state index in [1.165, 1.54) is 16.3 Å². The predicted octanol–water partition coefficient (Wildman–Crippen LogP) is 3.77. The Morgan fingerprint density at radius 2 is 1.79 bits per heavy atom. The number of aryl methyl sites for hydroxylation is 1. The summed E-state index contributed by atoms with van der Waals surface area (Å²) in [6.45, 7) is 1.88. The Morgan fingerprint density at radius 3 is 2.48 bits per heavy atom. The molecule has 0 bridgehead atoms. The van der Waals surface area contributed by atoms with Gasteiger partial charge >= 0.3 is 0 Å². The summed E-state index contributed by atoms with van der Waals surface area (Å²) in [4.78, 5) is 25.7. The largest absolute Gasteiger partial charge is 0.352 e. The standard InChI is InChI=1S/C23H25N3O2S/c1-17(8-9-18-6-4-3-5-7-18)24-22(27)16-26-23(28)15-14-21(25-26)19-10-12-20(29-2)13-11-19/h3-7,10-15,17H,8-9,16H2,1-2H3,(H,24,27). The van der Waals surface area contributed by atoms with Gasteiger partial charge in [-0.2, -0.15) is 5.10 Å². The first-order chi connectivity index (χ1) is 14.0. The van der Waals surface area contributed by atoms with Gasteiger partial charge in [0.25, 0.3) is 5.56 Å². The zero-order chi connectivity index (χ0) is 20.6. The number of amides is 1. The van der Waals surface area contributed by atoms with Crippen molar-refractivity contribution in [2.75, 3.05) is 6.26 Å². The lowest BCUT2D eigenvalue weighted by Crippen LogP contribution is -2.38. The first kappa shape index (κ1) is 20.9. The van der Waals surface area contributed by atoms with E-state index >= 15 is 0 Å². The van der Waals surface area contributed by atoms with Crippen molar-refractivity contribution in [2.45, 2.75) is 37.2 Å². The number of nitrogens with zero attached hydrogens (tertiary/aromatic N) is 2. The lowest BCUT2D eigenvalue weighted by atomic mass is 10.1. The minimum Gasteiger partial charge on any atom is -0.352 e. The van der Waals surface area contributed by atoms with Crippen LogP contribution in [0, 0.1) is 0 Å². The van der Waals surface area contributed by atoms with E-state index in [0.29, 0.717) is 5.69 Å². The second-order valence-electron chi connectivity index (χ2n) is 6.94. The first-order valence-corrected chi connectivity index (χ1v) is 10.8. The third kappa shape index (κ3) is 6.06. The van der Waals surface area contributed by atoms with Crippen molar-refractivity contribution in [3.05, 3.63) is 82.6 Å². The quantitative estimate of drug-likeness (QED) is 0.578. The van der Waals surface area contributed by atoms with Crippen molar-refractivity contribution < 1.29 is 4.79 Å². The van der Waals surface area contributed by atoms with E-state index in [1.807, 2.05) is 55.6 Å². The molecule has 1 N–H and O–H groups in total. The molecule has 1 aromatic heterocycles. The molecule has 1 atom stereocenters. The SMILES string of the molecule is CSc1ccc(-c2ccc(=O)n(CC(=O)NC(C)CCc3ccccc3)n2)cc1. The number of rotatable bonds is 8. The molecule has 5 nitrogen and oxygen atoms in total. The molecule has 0 saturated heterocycles. The van der Waals surface area contributed by atoms with Crippen LogP contribution in [0.25, 0.3) is 11.3 Å². The maximum Gasteiger partial charge on any atom is 0.267 e. The molecule has 0 saturated carbocycles. The van der Waals surface area contributed by atoms with Crippen LogP contribution in [-0.2, 0) is 17.8 Å². The summed E-state index contributed by atoms with van der Waals surface area (Å²) in [5.41, 5.74) is 2.53. The first-order valence-electron chi connectivity index (χ1n) is 9.61. The number of nitrogens with one attached hydrogen (secondary N) is 1. The molecular weight excluding hydrogens is 382 g/mol. The van der Waals surface area contributed by atoms with Crippen molar-refractivity contribution >= 4 is 17.7 Å². The normalized spacial score (nSPS) is 11.8. The number of hydrogen-bond acceptors (Lipinski definition) is 4. The van der Waals surface area contributed by atoms with Crippen LogP contribution in [0.2, 0.25) is 0 Å². The highest BCUT2D eigenvalue weighted by Gasteiger charge is 2.11. The summed E-state index contributed by atoms with van der Waals surface area (Å²) in [7, 11) is 0. The fourth-order valence-electron chi connectivity index (χ4n) is 3.03. The minimum atomic E-state index is -0.290. The van der Waals surface area contributed by atoms with Gasteiger partial charge in [0.15, 0.2) is 0 Å². The van der Waals surface area contributed by atoms with Gasteiger partial charge in [-0.25, -0.2) is 4.68 Å². The fraction of sp³-hybridized carbons (Fsp3) is 0.261. The lowest BCUT2D eigenvalue weighted by molar-refractivity contribution is -0.122. The Kier molecular flexibility index (Phi) is 7.25. The number of aromatic nitrogens is 2. The Hall–Kier alpha value is -2.86. The molecule has 2 aromatic carbocycles. The van der Waals surface area contributed by atoms with Gasteiger partial charge in [0.1, 0.15) is 6.54 Å². The van der Waals surface area contributed by atoms with E-state index in [0.717, 1.165) is 23.3 Å². The molecule has 0 aliphatic rings. The van der Waals surface area contributed by atoms with E-state index in [9.17, 15) is 9.59 Å². The maximum absolute atomic E-state index is 12.4. The average molecular weight is 408 g/mol. The number of benzene rings is 2. The van der Waals surface area contributed by atoms with Crippen LogP contribution in [0.3, 0.4) is 0 Å². The lowest BCUT2D eigenvalue weighted by Gasteiger charge is -2.14.